The fourth-order valence-electron chi connectivity index (χ4n) is 1.67. The van der Waals surface area contributed by atoms with Crippen molar-refractivity contribution in [2.75, 3.05) is 13.7 Å². The van der Waals surface area contributed by atoms with Crippen molar-refractivity contribution in [2.24, 2.45) is 11.7 Å². The van der Waals surface area contributed by atoms with E-state index in [0.717, 1.165) is 12.5 Å². The fourth-order valence-corrected chi connectivity index (χ4v) is 1.67. The van der Waals surface area contributed by atoms with Crippen LogP contribution in [0.3, 0.4) is 0 Å². The smallest absolute Gasteiger partial charge is 0.0574 e. The predicted octanol–water partition coefficient (Wildman–Crippen LogP) is 1.15. The molecule has 2 atom stereocenters. The Morgan fingerprint density at radius 2 is 2.30 bits per heavy atom. The molecule has 0 saturated heterocycles. The maximum Gasteiger partial charge on any atom is 0.0574 e. The summed E-state index contributed by atoms with van der Waals surface area (Å²) in [5, 5.41) is 0. The summed E-state index contributed by atoms with van der Waals surface area (Å²) >= 11 is 0. The Labute approximate surface area is 62.7 Å². The zero-order chi connectivity index (χ0) is 7.40. The third-order valence-corrected chi connectivity index (χ3v) is 2.40. The normalized spacial score (nSPS) is 34.2. The molecule has 1 fully saturated rings. The van der Waals surface area contributed by atoms with E-state index in [2.05, 4.69) is 0 Å². The molecule has 0 heterocycles. The summed E-state index contributed by atoms with van der Waals surface area (Å²) in [4.78, 5) is 0. The largest absolute Gasteiger partial charge is 0.381 e. The van der Waals surface area contributed by atoms with Crippen molar-refractivity contribution in [3.63, 3.8) is 0 Å². The van der Waals surface area contributed by atoms with Crippen molar-refractivity contribution in [3.8, 4) is 0 Å². The van der Waals surface area contributed by atoms with Gasteiger partial charge >= 0.3 is 0 Å². The lowest BCUT2D eigenvalue weighted by Crippen LogP contribution is -2.26. The second-order valence-corrected chi connectivity index (χ2v) is 3.13. The lowest BCUT2D eigenvalue weighted by atomic mass is 9.87. The van der Waals surface area contributed by atoms with E-state index in [4.69, 9.17) is 10.5 Å². The third kappa shape index (κ3) is 1.96. The summed E-state index contributed by atoms with van der Waals surface area (Å²) in [7, 11) is 1.80. The van der Waals surface area contributed by atoms with Gasteiger partial charge in [-0.25, -0.2) is 0 Å². The van der Waals surface area contributed by atoms with Crippen LogP contribution < -0.4 is 5.73 Å². The third-order valence-electron chi connectivity index (χ3n) is 2.40. The van der Waals surface area contributed by atoms with Crippen LogP contribution in [0.1, 0.15) is 25.7 Å². The lowest BCUT2D eigenvalue weighted by Gasteiger charge is -2.26. The van der Waals surface area contributed by atoms with Gasteiger partial charge in [0.1, 0.15) is 0 Å². The van der Waals surface area contributed by atoms with Crippen molar-refractivity contribution >= 4 is 0 Å². The van der Waals surface area contributed by atoms with Crippen LogP contribution in [0.2, 0.25) is 0 Å². The van der Waals surface area contributed by atoms with Crippen molar-refractivity contribution in [1.29, 1.82) is 0 Å². The van der Waals surface area contributed by atoms with Gasteiger partial charge in [0.15, 0.2) is 0 Å². The Kier molecular flexibility index (Phi) is 3.16. The van der Waals surface area contributed by atoms with E-state index < -0.39 is 0 Å². The monoisotopic (exact) mass is 143 g/mol. The van der Waals surface area contributed by atoms with Crippen LogP contribution in [-0.4, -0.2) is 19.8 Å². The van der Waals surface area contributed by atoms with Gasteiger partial charge in [0.25, 0.3) is 0 Å². The van der Waals surface area contributed by atoms with Gasteiger partial charge in [0, 0.05) is 7.11 Å². The van der Waals surface area contributed by atoms with E-state index >= 15 is 0 Å². The zero-order valence-electron chi connectivity index (χ0n) is 6.68. The van der Waals surface area contributed by atoms with Gasteiger partial charge in [-0.2, -0.15) is 0 Å². The first-order valence-corrected chi connectivity index (χ1v) is 4.09. The first-order valence-electron chi connectivity index (χ1n) is 4.09. The van der Waals surface area contributed by atoms with Gasteiger partial charge in [0.2, 0.25) is 0 Å². The van der Waals surface area contributed by atoms with E-state index in [1.807, 2.05) is 0 Å². The molecule has 0 radical (unpaired) electrons. The number of methoxy groups -OCH3 is 1. The molecule has 1 aliphatic carbocycles. The van der Waals surface area contributed by atoms with E-state index in [1.54, 1.807) is 7.11 Å². The Morgan fingerprint density at radius 1 is 1.50 bits per heavy atom. The summed E-state index contributed by atoms with van der Waals surface area (Å²) in [6.45, 7) is 0.833. The van der Waals surface area contributed by atoms with E-state index in [9.17, 15) is 0 Å². The van der Waals surface area contributed by atoms with Crippen LogP contribution in [0, 0.1) is 5.92 Å². The molecule has 0 aliphatic heterocycles. The molecule has 2 unspecified atom stereocenters. The minimum Gasteiger partial charge on any atom is -0.381 e. The van der Waals surface area contributed by atoms with Gasteiger partial charge in [-0.15, -0.1) is 0 Å². The zero-order valence-corrected chi connectivity index (χ0v) is 6.68. The standard InChI is InChI=1S/C8H17NO/c1-10-8-4-2-3-7(5-8)6-9/h7-8H,2-6,9H2,1H3. The van der Waals surface area contributed by atoms with Gasteiger partial charge in [0.05, 0.1) is 6.10 Å². The maximum absolute atomic E-state index is 5.56. The number of nitrogens with two attached hydrogens (primary N) is 1. The molecule has 60 valence electrons. The number of ether oxygens (including phenoxy) is 1. The van der Waals surface area contributed by atoms with Crippen LogP contribution in [0.25, 0.3) is 0 Å². The minimum absolute atomic E-state index is 0.488. The molecule has 0 amide bonds. The highest BCUT2D eigenvalue weighted by molar-refractivity contribution is 4.73. The van der Waals surface area contributed by atoms with E-state index in [1.165, 1.54) is 25.7 Å². The number of hydrogen-bond acceptors (Lipinski definition) is 2. The minimum atomic E-state index is 0.488. The summed E-state index contributed by atoms with van der Waals surface area (Å²) in [5.74, 6) is 0.721. The van der Waals surface area contributed by atoms with Crippen LogP contribution in [0.5, 0.6) is 0 Å². The molecule has 0 aromatic heterocycles. The Balaban J connectivity index is 2.25. The van der Waals surface area contributed by atoms with Crippen molar-refractivity contribution < 1.29 is 4.74 Å². The quantitative estimate of drug-likeness (QED) is 0.629. The Morgan fingerprint density at radius 3 is 2.90 bits per heavy atom. The van der Waals surface area contributed by atoms with Gasteiger partial charge in [-0.05, 0) is 31.7 Å². The molecule has 2 heteroatoms. The second kappa shape index (κ2) is 3.94. The molecule has 0 aromatic rings. The Hall–Kier alpha value is -0.0800. The average Bonchev–Trinajstić information content (AvgIpc) is 2.05. The molecular weight excluding hydrogens is 126 g/mol. The van der Waals surface area contributed by atoms with Crippen molar-refractivity contribution in [2.45, 2.75) is 31.8 Å². The lowest BCUT2D eigenvalue weighted by molar-refractivity contribution is 0.0524. The highest BCUT2D eigenvalue weighted by Crippen LogP contribution is 2.24. The van der Waals surface area contributed by atoms with Gasteiger partial charge in [-0.3, -0.25) is 0 Å². The molecule has 0 bridgehead atoms. The Bertz CT molecular complexity index is 85.3. The van der Waals surface area contributed by atoms with E-state index in [0.29, 0.717) is 6.10 Å². The van der Waals surface area contributed by atoms with E-state index in [-0.39, 0.29) is 0 Å². The van der Waals surface area contributed by atoms with Crippen molar-refractivity contribution in [3.05, 3.63) is 0 Å². The summed E-state index contributed by atoms with van der Waals surface area (Å²) < 4.78 is 5.27. The number of hydrogen-bond donors (Lipinski definition) is 1. The molecular formula is C8H17NO. The van der Waals surface area contributed by atoms with Crippen LogP contribution in [-0.2, 0) is 4.74 Å². The predicted molar refractivity (Wildman–Crippen MR) is 41.8 cm³/mol. The number of rotatable bonds is 2. The SMILES string of the molecule is COC1CCCC(CN)C1. The molecule has 0 aromatic carbocycles. The first-order chi connectivity index (χ1) is 4.86. The molecule has 2 N–H and O–H groups in total. The summed E-state index contributed by atoms with van der Waals surface area (Å²) in [5.41, 5.74) is 5.56. The maximum atomic E-state index is 5.56. The first kappa shape index (κ1) is 8.02. The van der Waals surface area contributed by atoms with Crippen LogP contribution >= 0.6 is 0 Å². The summed E-state index contributed by atoms with van der Waals surface area (Å²) in [6.07, 6.45) is 5.48. The topological polar surface area (TPSA) is 35.2 Å². The average molecular weight is 143 g/mol. The molecule has 1 aliphatic rings. The van der Waals surface area contributed by atoms with Gasteiger partial charge < -0.3 is 10.5 Å². The molecule has 10 heavy (non-hydrogen) atoms. The molecule has 1 saturated carbocycles. The van der Waals surface area contributed by atoms with Crippen LogP contribution in [0.4, 0.5) is 0 Å². The highest BCUT2D eigenvalue weighted by Gasteiger charge is 2.19. The second-order valence-electron chi connectivity index (χ2n) is 3.13. The molecule has 1 rings (SSSR count). The van der Waals surface area contributed by atoms with Crippen molar-refractivity contribution in [1.82, 2.24) is 0 Å². The summed E-state index contributed by atoms with van der Waals surface area (Å²) in [6, 6.07) is 0. The highest BCUT2D eigenvalue weighted by atomic mass is 16.5. The van der Waals surface area contributed by atoms with Crippen LogP contribution in [0.15, 0.2) is 0 Å². The van der Waals surface area contributed by atoms with Gasteiger partial charge in [-0.1, -0.05) is 6.42 Å². The molecule has 0 spiro atoms. The fraction of sp³-hybridized carbons (Fsp3) is 1.00. The molecule has 2 nitrogen and oxygen atoms in total.